The van der Waals surface area contributed by atoms with Gasteiger partial charge in [0.05, 0.1) is 29.6 Å². The third kappa shape index (κ3) is 7.59. The number of primary amides is 1. The number of nitrogens with two attached hydrogens (primary N) is 2. The van der Waals surface area contributed by atoms with Crippen LogP contribution in [0.1, 0.15) is 57.2 Å². The summed E-state index contributed by atoms with van der Waals surface area (Å²) in [5.74, 6) is -2.52. The maximum Gasteiger partial charge on any atom is 0.240 e. The predicted molar refractivity (Wildman–Crippen MR) is 168 cm³/mol. The molecule has 0 radical (unpaired) electrons. The molecule has 4 rings (SSSR count). The van der Waals surface area contributed by atoms with Crippen LogP contribution in [0, 0.1) is 11.6 Å². The van der Waals surface area contributed by atoms with Gasteiger partial charge in [0, 0.05) is 30.9 Å². The van der Waals surface area contributed by atoms with Crippen molar-refractivity contribution in [1.29, 1.82) is 0 Å². The second-order valence-corrected chi connectivity index (χ2v) is 11.1. The fourth-order valence-corrected chi connectivity index (χ4v) is 5.24. The average Bonchev–Trinajstić information content (AvgIpc) is 3.35. The van der Waals surface area contributed by atoms with Crippen molar-refractivity contribution in [2.75, 3.05) is 18.0 Å². The van der Waals surface area contributed by atoms with Crippen molar-refractivity contribution >= 4 is 28.5 Å². The number of benzene rings is 3. The molecule has 234 valence electrons. The average molecular weight is 607 g/mol. The summed E-state index contributed by atoms with van der Waals surface area (Å²) in [7, 11) is 0. The number of carbonyl (C=O) groups excluding carboxylic acids is 2. The van der Waals surface area contributed by atoms with Crippen molar-refractivity contribution in [2.24, 2.45) is 11.5 Å². The lowest BCUT2D eigenvalue weighted by Gasteiger charge is -2.24. The van der Waals surface area contributed by atoms with Crippen LogP contribution in [0.4, 0.5) is 14.5 Å². The number of imidazole rings is 1. The van der Waals surface area contributed by atoms with Crippen LogP contribution in [0.2, 0.25) is 0 Å². The molecule has 11 heteroatoms. The van der Waals surface area contributed by atoms with Crippen LogP contribution in [-0.4, -0.2) is 51.7 Å². The highest BCUT2D eigenvalue weighted by molar-refractivity contribution is 5.85. The van der Waals surface area contributed by atoms with E-state index >= 15 is 0 Å². The third-order valence-corrected chi connectivity index (χ3v) is 7.52. The van der Waals surface area contributed by atoms with Crippen LogP contribution in [0.15, 0.2) is 60.7 Å². The zero-order chi connectivity index (χ0) is 32.0. The lowest BCUT2D eigenvalue weighted by atomic mass is 10.0. The molecule has 0 aliphatic heterocycles. The van der Waals surface area contributed by atoms with Crippen LogP contribution in [0.25, 0.3) is 22.4 Å². The minimum Gasteiger partial charge on any atom is -0.391 e. The zero-order valence-electron chi connectivity index (χ0n) is 25.3. The van der Waals surface area contributed by atoms with Crippen molar-refractivity contribution in [2.45, 2.75) is 64.8 Å². The smallest absolute Gasteiger partial charge is 0.240 e. The monoisotopic (exact) mass is 606 g/mol. The number of aromatic nitrogens is 2. The Morgan fingerprint density at radius 2 is 1.68 bits per heavy atom. The van der Waals surface area contributed by atoms with Crippen molar-refractivity contribution in [1.82, 2.24) is 14.9 Å². The standard InChI is InChI=1S/C33H40F2N6O3/c1-4-14-40(15-5-2)24-10-7-22(8-11-24)32-38-28-17-23(27(18-30(36)43)39-33(44)31(37)20(3)42)9-13-29(28)41(32)19-21-6-12-25(34)26(35)16-21/h6-13,16-17,20,27,31,42H,4-5,14-15,18-19,37H2,1-3H3,(H2,36,43)(H,39,44)/t20?,27?,31-/m0/s1. The molecular formula is C33H40F2N6O3. The molecule has 6 N–H and O–H groups in total. The summed E-state index contributed by atoms with van der Waals surface area (Å²) < 4.78 is 29.8. The van der Waals surface area contributed by atoms with E-state index in [-0.39, 0.29) is 13.0 Å². The fourth-order valence-electron chi connectivity index (χ4n) is 5.24. The molecule has 0 aliphatic carbocycles. The topological polar surface area (TPSA) is 140 Å². The number of rotatable bonds is 14. The molecule has 1 aromatic heterocycles. The van der Waals surface area contributed by atoms with Gasteiger partial charge in [0.15, 0.2) is 11.6 Å². The highest BCUT2D eigenvalue weighted by Crippen LogP contribution is 2.30. The van der Waals surface area contributed by atoms with Gasteiger partial charge in [-0.25, -0.2) is 13.8 Å². The van der Waals surface area contributed by atoms with E-state index in [0.29, 0.717) is 28.0 Å². The molecule has 44 heavy (non-hydrogen) atoms. The lowest BCUT2D eigenvalue weighted by molar-refractivity contribution is -0.125. The van der Waals surface area contributed by atoms with Crippen LogP contribution in [0.5, 0.6) is 0 Å². The first kappa shape index (κ1) is 32.6. The summed E-state index contributed by atoms with van der Waals surface area (Å²) in [6.45, 7) is 7.79. The van der Waals surface area contributed by atoms with Crippen LogP contribution in [0.3, 0.4) is 0 Å². The van der Waals surface area contributed by atoms with Crippen molar-refractivity contribution in [3.63, 3.8) is 0 Å². The van der Waals surface area contributed by atoms with Gasteiger partial charge in [-0.3, -0.25) is 9.59 Å². The van der Waals surface area contributed by atoms with E-state index in [1.165, 1.54) is 19.1 Å². The second kappa shape index (κ2) is 14.4. The highest BCUT2D eigenvalue weighted by atomic mass is 19.2. The van der Waals surface area contributed by atoms with Gasteiger partial charge in [0.2, 0.25) is 11.8 Å². The number of nitrogens with one attached hydrogen (secondary N) is 1. The van der Waals surface area contributed by atoms with Crippen LogP contribution < -0.4 is 21.7 Å². The summed E-state index contributed by atoms with van der Waals surface area (Å²) in [6.07, 6.45) is 0.760. The first-order valence-corrected chi connectivity index (χ1v) is 14.8. The minimum absolute atomic E-state index is 0.195. The Morgan fingerprint density at radius 3 is 2.27 bits per heavy atom. The van der Waals surface area contributed by atoms with Gasteiger partial charge < -0.3 is 31.4 Å². The third-order valence-electron chi connectivity index (χ3n) is 7.52. The van der Waals surface area contributed by atoms with E-state index in [1.54, 1.807) is 18.2 Å². The molecule has 0 saturated heterocycles. The Labute approximate surface area is 255 Å². The van der Waals surface area contributed by atoms with E-state index in [9.17, 15) is 23.5 Å². The van der Waals surface area contributed by atoms with Gasteiger partial charge in [-0.15, -0.1) is 0 Å². The van der Waals surface area contributed by atoms with Gasteiger partial charge >= 0.3 is 0 Å². The zero-order valence-corrected chi connectivity index (χ0v) is 25.3. The molecule has 2 unspecified atom stereocenters. The quantitative estimate of drug-likeness (QED) is 0.168. The number of fused-ring (bicyclic) bond motifs is 1. The lowest BCUT2D eigenvalue weighted by Crippen LogP contribution is -2.48. The number of halogens is 2. The Morgan fingerprint density at radius 1 is 1.00 bits per heavy atom. The number of hydrogen-bond acceptors (Lipinski definition) is 6. The molecule has 0 fully saturated rings. The summed E-state index contributed by atoms with van der Waals surface area (Å²) in [5, 5.41) is 12.5. The number of hydrogen-bond donors (Lipinski definition) is 4. The number of aliphatic hydroxyl groups is 1. The molecule has 0 saturated carbocycles. The molecule has 0 aliphatic rings. The molecule has 4 aromatic rings. The highest BCUT2D eigenvalue weighted by Gasteiger charge is 2.25. The minimum atomic E-state index is -1.19. The summed E-state index contributed by atoms with van der Waals surface area (Å²) in [6, 6.07) is 15.2. The predicted octanol–water partition coefficient (Wildman–Crippen LogP) is 4.40. The first-order valence-electron chi connectivity index (χ1n) is 14.8. The van der Waals surface area contributed by atoms with E-state index in [2.05, 4.69) is 36.2 Å². The Hall–Kier alpha value is -4.35. The maximum absolute atomic E-state index is 14.1. The van der Waals surface area contributed by atoms with Gasteiger partial charge in [-0.1, -0.05) is 26.0 Å². The van der Waals surface area contributed by atoms with Gasteiger partial charge in [-0.05, 0) is 79.4 Å². The molecule has 3 atom stereocenters. The molecular weight excluding hydrogens is 566 g/mol. The van der Waals surface area contributed by atoms with Gasteiger partial charge in [0.1, 0.15) is 11.9 Å². The van der Waals surface area contributed by atoms with Crippen LogP contribution in [-0.2, 0) is 16.1 Å². The van der Waals surface area contributed by atoms with Gasteiger partial charge in [0.25, 0.3) is 0 Å². The summed E-state index contributed by atoms with van der Waals surface area (Å²) in [4.78, 5) is 31.8. The van der Waals surface area contributed by atoms with Gasteiger partial charge in [-0.2, -0.15) is 0 Å². The Balaban J connectivity index is 1.79. The largest absolute Gasteiger partial charge is 0.391 e. The van der Waals surface area contributed by atoms with Crippen molar-refractivity contribution < 1.29 is 23.5 Å². The number of carbonyl (C=O) groups is 2. The SMILES string of the molecule is CCCN(CCC)c1ccc(-c2nc3cc(C(CC(N)=O)NC(=O)[C@@H](N)C(C)O)ccc3n2Cc2ccc(F)c(F)c2)cc1. The summed E-state index contributed by atoms with van der Waals surface area (Å²) in [5.41, 5.74) is 15.6. The van der Waals surface area contributed by atoms with E-state index < -0.39 is 41.6 Å². The first-order chi connectivity index (χ1) is 21.0. The second-order valence-electron chi connectivity index (χ2n) is 11.1. The number of anilines is 1. The Kier molecular flexibility index (Phi) is 10.7. The fraction of sp³-hybridized carbons (Fsp3) is 0.364. The molecule has 0 spiro atoms. The van der Waals surface area contributed by atoms with E-state index in [0.717, 1.165) is 43.2 Å². The molecule has 3 aromatic carbocycles. The normalized spacial score (nSPS) is 13.4. The molecule has 2 amide bonds. The van der Waals surface area contributed by atoms with E-state index in [1.807, 2.05) is 16.7 Å². The maximum atomic E-state index is 14.1. The summed E-state index contributed by atoms with van der Waals surface area (Å²) >= 11 is 0. The number of aliphatic hydroxyl groups excluding tert-OH is 1. The molecule has 9 nitrogen and oxygen atoms in total. The number of amides is 2. The van der Waals surface area contributed by atoms with Crippen LogP contribution >= 0.6 is 0 Å². The van der Waals surface area contributed by atoms with E-state index in [4.69, 9.17) is 16.5 Å². The van der Waals surface area contributed by atoms with Crippen molar-refractivity contribution in [3.05, 3.63) is 83.4 Å². The Bertz CT molecular complexity index is 1600. The van der Waals surface area contributed by atoms with Crippen molar-refractivity contribution in [3.8, 4) is 11.4 Å². The molecule has 1 heterocycles. The molecule has 0 bridgehead atoms. The number of nitrogens with zero attached hydrogens (tertiary/aromatic N) is 3.